The second kappa shape index (κ2) is 12.0. The van der Waals surface area contributed by atoms with E-state index in [1.165, 1.54) is 32.1 Å². The van der Waals surface area contributed by atoms with Gasteiger partial charge in [0.25, 0.3) is 0 Å². The Morgan fingerprint density at radius 3 is 2.07 bits per heavy atom. The lowest BCUT2D eigenvalue weighted by Gasteiger charge is -2.22. The van der Waals surface area contributed by atoms with E-state index < -0.39 is 30.4 Å². The number of halogens is 3. The Labute approximate surface area is 158 Å². The van der Waals surface area contributed by atoms with Gasteiger partial charge in [-0.2, -0.15) is 13.2 Å². The van der Waals surface area contributed by atoms with Crippen molar-refractivity contribution in [1.29, 1.82) is 0 Å². The number of aliphatic hydroxyl groups is 1. The van der Waals surface area contributed by atoms with Crippen molar-refractivity contribution in [3.05, 3.63) is 11.6 Å². The standard InChI is InChI=1S/C19H30F3NO4/c1-2-3-4-5-6-7-8-9-10-11-12-15(23-18(26)19(20,21)22)14-13-16(24)27-17(14)25/h13,15,17,25H,2-12H2,1H3,(H,23,26). The molecule has 0 aromatic carbocycles. The lowest BCUT2D eigenvalue weighted by atomic mass is 9.99. The molecule has 0 aromatic rings. The Morgan fingerprint density at radius 2 is 1.63 bits per heavy atom. The van der Waals surface area contributed by atoms with Crippen molar-refractivity contribution in [2.45, 2.75) is 96.1 Å². The van der Waals surface area contributed by atoms with Gasteiger partial charge < -0.3 is 15.2 Å². The Bertz CT molecular complexity index is 506. The molecule has 8 heteroatoms. The number of hydrogen-bond acceptors (Lipinski definition) is 4. The summed E-state index contributed by atoms with van der Waals surface area (Å²) in [5.74, 6) is -2.92. The highest BCUT2D eigenvalue weighted by molar-refractivity contribution is 5.87. The van der Waals surface area contributed by atoms with Gasteiger partial charge in [-0.15, -0.1) is 0 Å². The molecule has 156 valence electrons. The van der Waals surface area contributed by atoms with Gasteiger partial charge in [-0.05, 0) is 6.42 Å². The summed E-state index contributed by atoms with van der Waals surface area (Å²) < 4.78 is 42.1. The zero-order chi connectivity index (χ0) is 20.3. The summed E-state index contributed by atoms with van der Waals surface area (Å²) >= 11 is 0. The molecule has 2 unspecified atom stereocenters. The van der Waals surface area contributed by atoms with Crippen LogP contribution in [0.4, 0.5) is 13.2 Å². The van der Waals surface area contributed by atoms with Gasteiger partial charge in [0.15, 0.2) is 0 Å². The van der Waals surface area contributed by atoms with Crippen LogP contribution in [0, 0.1) is 0 Å². The first-order chi connectivity index (χ1) is 12.8. The molecule has 2 atom stereocenters. The number of aliphatic hydroxyl groups excluding tert-OH is 1. The predicted octanol–water partition coefficient (Wildman–Crippen LogP) is 4.15. The molecule has 1 heterocycles. The zero-order valence-electron chi connectivity index (χ0n) is 15.8. The van der Waals surface area contributed by atoms with Gasteiger partial charge >= 0.3 is 18.1 Å². The van der Waals surface area contributed by atoms with E-state index in [-0.39, 0.29) is 12.0 Å². The number of nitrogens with one attached hydrogen (secondary N) is 1. The van der Waals surface area contributed by atoms with Crippen LogP contribution in [0.15, 0.2) is 11.6 Å². The number of rotatable bonds is 13. The van der Waals surface area contributed by atoms with Crippen LogP contribution in [-0.4, -0.2) is 35.5 Å². The minimum absolute atomic E-state index is 0.0338. The van der Waals surface area contributed by atoms with Gasteiger partial charge in [0.1, 0.15) is 0 Å². The van der Waals surface area contributed by atoms with Crippen molar-refractivity contribution in [1.82, 2.24) is 5.32 Å². The number of ether oxygens (including phenoxy) is 1. The molecule has 1 aliphatic heterocycles. The predicted molar refractivity (Wildman–Crippen MR) is 94.6 cm³/mol. The van der Waals surface area contributed by atoms with E-state index in [9.17, 15) is 27.9 Å². The second-order valence-electron chi connectivity index (χ2n) is 6.93. The summed E-state index contributed by atoms with van der Waals surface area (Å²) in [6.07, 6.45) is 5.25. The van der Waals surface area contributed by atoms with E-state index >= 15 is 0 Å². The van der Waals surface area contributed by atoms with Gasteiger partial charge in [0.05, 0.1) is 6.04 Å². The summed E-state index contributed by atoms with van der Waals surface area (Å²) in [4.78, 5) is 22.4. The molecular formula is C19H30F3NO4. The molecule has 2 N–H and O–H groups in total. The third-order valence-corrected chi connectivity index (χ3v) is 4.61. The molecule has 1 amide bonds. The van der Waals surface area contributed by atoms with Gasteiger partial charge in [-0.1, -0.05) is 71.1 Å². The highest BCUT2D eigenvalue weighted by Gasteiger charge is 2.41. The highest BCUT2D eigenvalue weighted by Crippen LogP contribution is 2.23. The van der Waals surface area contributed by atoms with Gasteiger partial charge in [-0.3, -0.25) is 4.79 Å². The molecule has 0 aromatic heterocycles. The number of unbranched alkanes of at least 4 members (excludes halogenated alkanes) is 9. The molecule has 1 aliphatic rings. The van der Waals surface area contributed by atoms with Crippen molar-refractivity contribution >= 4 is 11.9 Å². The number of alkyl halides is 3. The molecule has 0 saturated carbocycles. The molecule has 0 spiro atoms. The van der Waals surface area contributed by atoms with E-state index in [4.69, 9.17) is 0 Å². The number of cyclic esters (lactones) is 1. The van der Waals surface area contributed by atoms with Crippen LogP contribution in [0.25, 0.3) is 0 Å². The number of carbonyl (C=O) groups is 2. The van der Waals surface area contributed by atoms with E-state index in [2.05, 4.69) is 11.7 Å². The van der Waals surface area contributed by atoms with E-state index in [0.29, 0.717) is 6.42 Å². The second-order valence-corrected chi connectivity index (χ2v) is 6.93. The lowest BCUT2D eigenvalue weighted by molar-refractivity contribution is -0.174. The summed E-state index contributed by atoms with van der Waals surface area (Å²) in [6.45, 7) is 2.17. The molecule has 0 bridgehead atoms. The molecule has 1 rings (SSSR count). The van der Waals surface area contributed by atoms with Crippen LogP contribution in [0.3, 0.4) is 0 Å². The Kier molecular flexibility index (Phi) is 10.4. The van der Waals surface area contributed by atoms with Crippen LogP contribution in [-0.2, 0) is 14.3 Å². The van der Waals surface area contributed by atoms with E-state index in [0.717, 1.165) is 31.8 Å². The summed E-state index contributed by atoms with van der Waals surface area (Å²) in [7, 11) is 0. The Balaban J connectivity index is 2.37. The summed E-state index contributed by atoms with van der Waals surface area (Å²) in [5.41, 5.74) is -0.0338. The number of amides is 1. The Morgan fingerprint density at radius 1 is 1.11 bits per heavy atom. The third-order valence-electron chi connectivity index (χ3n) is 4.61. The average molecular weight is 393 g/mol. The summed E-state index contributed by atoms with van der Waals surface area (Å²) in [6, 6.07) is -1.07. The smallest absolute Gasteiger partial charge is 0.429 e. The topological polar surface area (TPSA) is 75.6 Å². The highest BCUT2D eigenvalue weighted by atomic mass is 19.4. The first-order valence-corrected chi connectivity index (χ1v) is 9.73. The minimum atomic E-state index is -5.02. The number of hydrogen-bond donors (Lipinski definition) is 2. The van der Waals surface area contributed by atoms with E-state index in [1.54, 1.807) is 0 Å². The Hall–Kier alpha value is -1.57. The minimum Gasteiger partial charge on any atom is -0.429 e. The van der Waals surface area contributed by atoms with Crippen molar-refractivity contribution < 1.29 is 32.6 Å². The monoisotopic (exact) mass is 393 g/mol. The molecule has 5 nitrogen and oxygen atoms in total. The van der Waals surface area contributed by atoms with Gasteiger partial charge in [0, 0.05) is 11.6 Å². The van der Waals surface area contributed by atoms with Crippen LogP contribution in [0.5, 0.6) is 0 Å². The molecule has 0 aliphatic carbocycles. The summed E-state index contributed by atoms with van der Waals surface area (Å²) in [5, 5.41) is 11.5. The van der Waals surface area contributed by atoms with Crippen molar-refractivity contribution in [3.8, 4) is 0 Å². The van der Waals surface area contributed by atoms with Gasteiger partial charge in [0.2, 0.25) is 6.29 Å². The molecule has 27 heavy (non-hydrogen) atoms. The number of esters is 1. The van der Waals surface area contributed by atoms with E-state index in [1.807, 2.05) is 5.32 Å². The van der Waals surface area contributed by atoms with Crippen molar-refractivity contribution in [3.63, 3.8) is 0 Å². The van der Waals surface area contributed by atoms with Crippen molar-refractivity contribution in [2.24, 2.45) is 0 Å². The van der Waals surface area contributed by atoms with Gasteiger partial charge in [-0.25, -0.2) is 4.79 Å². The molecule has 0 radical (unpaired) electrons. The maximum absolute atomic E-state index is 12.5. The molecular weight excluding hydrogens is 363 g/mol. The van der Waals surface area contributed by atoms with Crippen molar-refractivity contribution in [2.75, 3.05) is 0 Å². The quantitative estimate of drug-likeness (QED) is 0.364. The molecule has 0 fully saturated rings. The lowest BCUT2D eigenvalue weighted by Crippen LogP contribution is -2.45. The average Bonchev–Trinajstić information content (AvgIpc) is 2.92. The number of carbonyl (C=O) groups excluding carboxylic acids is 2. The first kappa shape index (κ1) is 23.5. The van der Waals surface area contributed by atoms with Crippen LogP contribution >= 0.6 is 0 Å². The zero-order valence-corrected chi connectivity index (χ0v) is 15.8. The molecule has 0 saturated heterocycles. The van der Waals surface area contributed by atoms with Crippen LogP contribution in [0.2, 0.25) is 0 Å². The first-order valence-electron chi connectivity index (χ1n) is 9.73. The fourth-order valence-corrected chi connectivity index (χ4v) is 3.09. The SMILES string of the molecule is CCCCCCCCCCCCC(NC(=O)C(F)(F)F)C1=CC(=O)OC1O. The third kappa shape index (κ3) is 9.26. The fourth-order valence-electron chi connectivity index (χ4n) is 3.09. The normalized spacial score (nSPS) is 18.2. The van der Waals surface area contributed by atoms with Crippen LogP contribution < -0.4 is 5.32 Å². The fraction of sp³-hybridized carbons (Fsp3) is 0.789. The maximum atomic E-state index is 12.5. The largest absolute Gasteiger partial charge is 0.471 e. The maximum Gasteiger partial charge on any atom is 0.471 e. The van der Waals surface area contributed by atoms with Crippen LogP contribution in [0.1, 0.15) is 77.6 Å².